The van der Waals surface area contributed by atoms with Gasteiger partial charge in [-0.05, 0) is 24.6 Å². The SMILES string of the molecule is COc1cc(Nc2ccc(F)c(OC)c2)c(C)c(N(C)C=O)c1. The van der Waals surface area contributed by atoms with Gasteiger partial charge in [-0.1, -0.05) is 0 Å². The summed E-state index contributed by atoms with van der Waals surface area (Å²) in [7, 11) is 4.63. The first-order valence-corrected chi connectivity index (χ1v) is 6.97. The number of ether oxygens (including phenoxy) is 2. The smallest absolute Gasteiger partial charge is 0.213 e. The zero-order chi connectivity index (χ0) is 17.0. The number of nitrogens with one attached hydrogen (secondary N) is 1. The first-order chi connectivity index (χ1) is 11.0. The van der Waals surface area contributed by atoms with Crippen molar-refractivity contribution in [2.24, 2.45) is 0 Å². The molecule has 0 atom stereocenters. The molecule has 0 unspecified atom stereocenters. The molecule has 0 fully saturated rings. The molecule has 5 nitrogen and oxygen atoms in total. The summed E-state index contributed by atoms with van der Waals surface area (Å²) in [6, 6.07) is 8.10. The van der Waals surface area contributed by atoms with Crippen LogP contribution in [-0.2, 0) is 4.79 Å². The molecule has 2 rings (SSSR count). The highest BCUT2D eigenvalue weighted by atomic mass is 19.1. The Morgan fingerprint density at radius 3 is 2.52 bits per heavy atom. The van der Waals surface area contributed by atoms with Crippen LogP contribution in [0, 0.1) is 12.7 Å². The van der Waals surface area contributed by atoms with Crippen molar-refractivity contribution in [3.05, 3.63) is 41.7 Å². The topological polar surface area (TPSA) is 50.8 Å². The van der Waals surface area contributed by atoms with Crippen LogP contribution in [0.15, 0.2) is 30.3 Å². The van der Waals surface area contributed by atoms with Crippen LogP contribution in [0.3, 0.4) is 0 Å². The highest BCUT2D eigenvalue weighted by Crippen LogP contribution is 2.34. The van der Waals surface area contributed by atoms with Crippen LogP contribution in [0.4, 0.5) is 21.5 Å². The maximum atomic E-state index is 13.5. The predicted octanol–water partition coefficient (Wildman–Crippen LogP) is 3.49. The molecule has 0 aliphatic heterocycles. The van der Waals surface area contributed by atoms with E-state index in [0.717, 1.165) is 23.3 Å². The molecule has 0 aliphatic rings. The van der Waals surface area contributed by atoms with Gasteiger partial charge in [0.2, 0.25) is 6.41 Å². The fraction of sp³-hybridized carbons (Fsp3) is 0.235. The molecule has 6 heteroatoms. The minimum atomic E-state index is -0.429. The van der Waals surface area contributed by atoms with Gasteiger partial charge in [0.1, 0.15) is 5.75 Å². The van der Waals surface area contributed by atoms with Gasteiger partial charge in [0.25, 0.3) is 0 Å². The number of hydrogen-bond donors (Lipinski definition) is 1. The number of anilines is 3. The maximum absolute atomic E-state index is 13.5. The standard InChI is InChI=1S/C17H19FN2O3/c1-11-15(8-13(22-3)9-16(11)20(2)10-21)19-12-5-6-14(18)17(7-12)23-4/h5-10,19H,1-4H3. The highest BCUT2D eigenvalue weighted by molar-refractivity contribution is 5.82. The Balaban J connectivity index is 2.44. The van der Waals surface area contributed by atoms with Gasteiger partial charge in [-0.3, -0.25) is 4.79 Å². The van der Waals surface area contributed by atoms with E-state index in [0.29, 0.717) is 11.4 Å². The average Bonchev–Trinajstić information content (AvgIpc) is 2.57. The number of methoxy groups -OCH3 is 2. The minimum Gasteiger partial charge on any atom is -0.497 e. The summed E-state index contributed by atoms with van der Waals surface area (Å²) in [5.41, 5.74) is 3.00. The number of hydrogen-bond acceptors (Lipinski definition) is 4. The molecule has 0 aromatic heterocycles. The third kappa shape index (κ3) is 3.53. The minimum absolute atomic E-state index is 0.154. The number of rotatable bonds is 6. The lowest BCUT2D eigenvalue weighted by Gasteiger charge is -2.19. The second-order valence-electron chi connectivity index (χ2n) is 5.01. The molecule has 1 amide bonds. The van der Waals surface area contributed by atoms with Crippen LogP contribution in [0.5, 0.6) is 11.5 Å². The highest BCUT2D eigenvalue weighted by Gasteiger charge is 2.12. The molecule has 0 aliphatic carbocycles. The molecule has 23 heavy (non-hydrogen) atoms. The first-order valence-electron chi connectivity index (χ1n) is 6.97. The zero-order valence-corrected chi connectivity index (χ0v) is 13.5. The summed E-state index contributed by atoms with van der Waals surface area (Å²) in [4.78, 5) is 12.5. The van der Waals surface area contributed by atoms with E-state index < -0.39 is 5.82 Å². The molecule has 0 saturated heterocycles. The summed E-state index contributed by atoms with van der Waals surface area (Å²) in [5, 5.41) is 3.20. The van der Waals surface area contributed by atoms with Gasteiger partial charge in [-0.15, -0.1) is 0 Å². The summed E-state index contributed by atoms with van der Waals surface area (Å²) in [5.74, 6) is 0.332. The summed E-state index contributed by atoms with van der Waals surface area (Å²) in [6.07, 6.45) is 0.729. The van der Waals surface area contributed by atoms with E-state index in [1.165, 1.54) is 18.1 Å². The van der Waals surface area contributed by atoms with Crippen molar-refractivity contribution in [1.82, 2.24) is 0 Å². The number of amides is 1. The fourth-order valence-electron chi connectivity index (χ4n) is 2.24. The molecule has 0 radical (unpaired) electrons. The molecule has 2 aromatic carbocycles. The van der Waals surface area contributed by atoms with Gasteiger partial charge in [0, 0.05) is 36.6 Å². The van der Waals surface area contributed by atoms with Gasteiger partial charge in [0.05, 0.1) is 19.9 Å². The summed E-state index contributed by atoms with van der Waals surface area (Å²) in [6.45, 7) is 1.89. The molecule has 0 bridgehead atoms. The number of carbonyl (C=O) groups excluding carboxylic acids is 1. The molecular weight excluding hydrogens is 299 g/mol. The van der Waals surface area contributed by atoms with Gasteiger partial charge >= 0.3 is 0 Å². The molecule has 0 saturated carbocycles. The summed E-state index contributed by atoms with van der Waals surface area (Å²) >= 11 is 0. The number of benzene rings is 2. The van der Waals surface area contributed by atoms with E-state index in [1.807, 2.05) is 13.0 Å². The Morgan fingerprint density at radius 2 is 1.91 bits per heavy atom. The maximum Gasteiger partial charge on any atom is 0.213 e. The third-order valence-corrected chi connectivity index (χ3v) is 3.56. The van der Waals surface area contributed by atoms with Crippen molar-refractivity contribution >= 4 is 23.5 Å². The van der Waals surface area contributed by atoms with Crippen LogP contribution in [0.1, 0.15) is 5.56 Å². The van der Waals surface area contributed by atoms with Crippen LogP contribution in [0.25, 0.3) is 0 Å². The van der Waals surface area contributed by atoms with E-state index >= 15 is 0 Å². The fourth-order valence-corrected chi connectivity index (χ4v) is 2.24. The number of nitrogens with zero attached hydrogens (tertiary/aromatic N) is 1. The monoisotopic (exact) mass is 318 g/mol. The normalized spacial score (nSPS) is 10.1. The van der Waals surface area contributed by atoms with Gasteiger partial charge < -0.3 is 19.7 Å². The molecule has 1 N–H and O–H groups in total. The quantitative estimate of drug-likeness (QED) is 0.828. The third-order valence-electron chi connectivity index (χ3n) is 3.56. The van der Waals surface area contributed by atoms with Gasteiger partial charge in [-0.2, -0.15) is 0 Å². The Bertz CT molecular complexity index is 719. The van der Waals surface area contributed by atoms with Gasteiger partial charge in [0.15, 0.2) is 11.6 Å². The Kier molecular flexibility index (Phi) is 5.05. The second kappa shape index (κ2) is 7.00. The molecular formula is C17H19FN2O3. The van der Waals surface area contributed by atoms with Crippen molar-refractivity contribution in [2.75, 3.05) is 31.5 Å². The van der Waals surface area contributed by atoms with E-state index in [1.54, 1.807) is 32.4 Å². The molecule has 0 heterocycles. The molecule has 2 aromatic rings. The van der Waals surface area contributed by atoms with Crippen molar-refractivity contribution < 1.29 is 18.7 Å². The van der Waals surface area contributed by atoms with Crippen LogP contribution in [-0.4, -0.2) is 27.7 Å². The summed E-state index contributed by atoms with van der Waals surface area (Å²) < 4.78 is 23.8. The average molecular weight is 318 g/mol. The Labute approximate surface area is 134 Å². The largest absolute Gasteiger partial charge is 0.497 e. The lowest BCUT2D eigenvalue weighted by Crippen LogP contribution is -2.15. The lowest BCUT2D eigenvalue weighted by molar-refractivity contribution is -0.107. The second-order valence-corrected chi connectivity index (χ2v) is 5.01. The Morgan fingerprint density at radius 1 is 1.17 bits per heavy atom. The number of halogens is 1. The van der Waals surface area contributed by atoms with E-state index in [2.05, 4.69) is 5.32 Å². The molecule has 0 spiro atoms. The lowest BCUT2D eigenvalue weighted by atomic mass is 10.1. The molecule has 122 valence electrons. The zero-order valence-electron chi connectivity index (χ0n) is 13.5. The van der Waals surface area contributed by atoms with Crippen molar-refractivity contribution in [2.45, 2.75) is 6.92 Å². The van der Waals surface area contributed by atoms with Crippen LogP contribution in [0.2, 0.25) is 0 Å². The first kappa shape index (κ1) is 16.6. The Hall–Kier alpha value is -2.76. The van der Waals surface area contributed by atoms with E-state index in [9.17, 15) is 9.18 Å². The number of carbonyl (C=O) groups is 1. The van der Waals surface area contributed by atoms with E-state index in [4.69, 9.17) is 9.47 Å². The van der Waals surface area contributed by atoms with Crippen LogP contribution >= 0.6 is 0 Å². The van der Waals surface area contributed by atoms with E-state index in [-0.39, 0.29) is 5.75 Å². The van der Waals surface area contributed by atoms with Crippen molar-refractivity contribution in [3.63, 3.8) is 0 Å². The predicted molar refractivity (Wildman–Crippen MR) is 88.4 cm³/mol. The van der Waals surface area contributed by atoms with Gasteiger partial charge in [-0.25, -0.2) is 4.39 Å². The van der Waals surface area contributed by atoms with Crippen LogP contribution < -0.4 is 19.7 Å². The van der Waals surface area contributed by atoms with Crippen molar-refractivity contribution in [1.29, 1.82) is 0 Å². The van der Waals surface area contributed by atoms with Crippen molar-refractivity contribution in [3.8, 4) is 11.5 Å².